The fraction of sp³-hybridized carbons (Fsp3) is 0. The van der Waals surface area contributed by atoms with Crippen LogP contribution in [0.2, 0.25) is 5.02 Å². The van der Waals surface area contributed by atoms with Crippen molar-refractivity contribution in [2.75, 3.05) is 5.73 Å². The molecular weight excluding hydrogens is 420 g/mol. The number of nitrogen functional groups attached to an aromatic ring is 1. The van der Waals surface area contributed by atoms with Gasteiger partial charge in [-0.05, 0) is 24.3 Å². The molecule has 0 amide bonds. The molecule has 6 nitrogen and oxygen atoms in total. The third kappa shape index (κ3) is 3.38. The van der Waals surface area contributed by atoms with Crippen LogP contribution in [0.15, 0.2) is 53.0 Å². The average molecular weight is 430 g/mol. The van der Waals surface area contributed by atoms with Crippen LogP contribution in [-0.2, 0) is 0 Å². The molecule has 128 valence electrons. The van der Waals surface area contributed by atoms with Gasteiger partial charge in [-0.15, -0.1) is 0 Å². The van der Waals surface area contributed by atoms with Crippen LogP contribution >= 0.6 is 27.5 Å². The zero-order valence-electron chi connectivity index (χ0n) is 13.1. The van der Waals surface area contributed by atoms with E-state index in [0.717, 1.165) is 10.0 Å². The number of hydrogen-bond acceptors (Lipinski definition) is 5. The number of benzene rings is 2. The fourth-order valence-corrected chi connectivity index (χ4v) is 2.98. The van der Waals surface area contributed by atoms with Crippen molar-refractivity contribution in [1.29, 1.82) is 5.26 Å². The molecule has 0 bridgehead atoms. The van der Waals surface area contributed by atoms with Gasteiger partial charge in [0.05, 0.1) is 10.6 Å². The van der Waals surface area contributed by atoms with Crippen molar-refractivity contribution >= 4 is 39.0 Å². The van der Waals surface area contributed by atoms with E-state index in [2.05, 4.69) is 20.9 Å². The monoisotopic (exact) mass is 428 g/mol. The van der Waals surface area contributed by atoms with E-state index in [1.165, 1.54) is 18.2 Å². The van der Waals surface area contributed by atoms with Gasteiger partial charge in [0, 0.05) is 38.3 Å². The van der Waals surface area contributed by atoms with Crippen LogP contribution in [0.25, 0.3) is 22.4 Å². The number of aromatic nitrogens is 1. The second-order valence-electron chi connectivity index (χ2n) is 5.36. The lowest BCUT2D eigenvalue weighted by molar-refractivity contribution is -0.384. The highest BCUT2D eigenvalue weighted by Crippen LogP contribution is 2.37. The molecular formula is C18H10BrClN4O2. The van der Waals surface area contributed by atoms with Gasteiger partial charge in [0.2, 0.25) is 0 Å². The normalized spacial score (nSPS) is 10.3. The van der Waals surface area contributed by atoms with E-state index < -0.39 is 4.92 Å². The first kappa shape index (κ1) is 17.9. The highest BCUT2D eigenvalue weighted by molar-refractivity contribution is 9.10. The molecule has 0 saturated carbocycles. The Balaban J connectivity index is 2.27. The summed E-state index contributed by atoms with van der Waals surface area (Å²) in [5, 5.41) is 20.8. The number of halogens is 2. The highest BCUT2D eigenvalue weighted by Gasteiger charge is 2.18. The zero-order chi connectivity index (χ0) is 18.8. The average Bonchev–Trinajstić information content (AvgIpc) is 2.62. The van der Waals surface area contributed by atoms with Gasteiger partial charge >= 0.3 is 0 Å². The van der Waals surface area contributed by atoms with Crippen molar-refractivity contribution in [3.63, 3.8) is 0 Å². The van der Waals surface area contributed by atoms with Crippen molar-refractivity contribution in [2.24, 2.45) is 0 Å². The predicted octanol–water partition coefficient (Wildman–Crippen LogP) is 5.19. The summed E-state index contributed by atoms with van der Waals surface area (Å²) in [7, 11) is 0. The Bertz CT molecular complexity index is 1060. The Morgan fingerprint density at radius 2 is 1.85 bits per heavy atom. The summed E-state index contributed by atoms with van der Waals surface area (Å²) in [4.78, 5) is 14.9. The summed E-state index contributed by atoms with van der Waals surface area (Å²) in [5.41, 5.74) is 8.02. The first-order valence-corrected chi connectivity index (χ1v) is 8.48. The summed E-state index contributed by atoms with van der Waals surface area (Å²) in [6, 6.07) is 15.1. The van der Waals surface area contributed by atoms with Gasteiger partial charge in [-0.3, -0.25) is 10.1 Å². The van der Waals surface area contributed by atoms with E-state index in [0.29, 0.717) is 16.8 Å². The van der Waals surface area contributed by atoms with Crippen LogP contribution in [0.1, 0.15) is 5.56 Å². The maximum absolute atomic E-state index is 11.1. The van der Waals surface area contributed by atoms with Crippen LogP contribution in [0.5, 0.6) is 0 Å². The van der Waals surface area contributed by atoms with Crippen molar-refractivity contribution < 1.29 is 4.92 Å². The Hall–Kier alpha value is -2.95. The first-order valence-electron chi connectivity index (χ1n) is 7.31. The number of pyridine rings is 1. The number of nitriles is 1. The fourth-order valence-electron chi connectivity index (χ4n) is 2.50. The van der Waals surface area contributed by atoms with E-state index in [9.17, 15) is 15.4 Å². The molecule has 26 heavy (non-hydrogen) atoms. The third-order valence-corrected chi connectivity index (χ3v) is 4.61. The Kier molecular flexibility index (Phi) is 4.89. The lowest BCUT2D eigenvalue weighted by Gasteiger charge is -2.11. The van der Waals surface area contributed by atoms with Gasteiger partial charge in [0.15, 0.2) is 0 Å². The number of hydrogen-bond donors (Lipinski definition) is 1. The van der Waals surface area contributed by atoms with Gasteiger partial charge in [-0.2, -0.15) is 5.26 Å². The van der Waals surface area contributed by atoms with E-state index in [1.54, 1.807) is 6.07 Å². The molecule has 1 aromatic heterocycles. The number of anilines is 1. The Morgan fingerprint density at radius 1 is 1.15 bits per heavy atom. The Labute approximate surface area is 162 Å². The molecule has 0 aliphatic heterocycles. The topological polar surface area (TPSA) is 106 Å². The summed E-state index contributed by atoms with van der Waals surface area (Å²) < 4.78 is 0.907. The predicted molar refractivity (Wildman–Crippen MR) is 104 cm³/mol. The zero-order valence-corrected chi connectivity index (χ0v) is 15.5. The molecule has 0 unspecified atom stereocenters. The molecule has 0 saturated heterocycles. The molecule has 0 atom stereocenters. The lowest BCUT2D eigenvalue weighted by atomic mass is 9.98. The molecule has 0 aliphatic carbocycles. The minimum Gasteiger partial charge on any atom is -0.383 e. The van der Waals surface area contributed by atoms with E-state index >= 15 is 0 Å². The van der Waals surface area contributed by atoms with Crippen LogP contribution in [0.4, 0.5) is 11.5 Å². The molecule has 3 aromatic rings. The van der Waals surface area contributed by atoms with Crippen molar-refractivity contribution in [3.8, 4) is 28.5 Å². The van der Waals surface area contributed by atoms with Gasteiger partial charge in [-0.1, -0.05) is 39.7 Å². The number of rotatable bonds is 3. The minimum absolute atomic E-state index is 0.0329. The van der Waals surface area contributed by atoms with Gasteiger partial charge in [0.25, 0.3) is 5.69 Å². The quantitative estimate of drug-likeness (QED) is 0.455. The van der Waals surface area contributed by atoms with E-state index in [-0.39, 0.29) is 22.1 Å². The number of non-ortho nitro benzene ring substituents is 1. The maximum atomic E-state index is 11.1. The number of nitrogens with two attached hydrogens (primary N) is 1. The summed E-state index contributed by atoms with van der Waals surface area (Å²) in [5.74, 6) is 0.0329. The third-order valence-electron chi connectivity index (χ3n) is 3.75. The molecule has 0 fully saturated rings. The van der Waals surface area contributed by atoms with Crippen molar-refractivity contribution in [3.05, 3.63) is 73.7 Å². The molecule has 3 rings (SSSR count). The van der Waals surface area contributed by atoms with Gasteiger partial charge in [-0.25, -0.2) is 4.98 Å². The molecule has 8 heteroatoms. The molecule has 0 spiro atoms. The molecule has 0 radical (unpaired) electrons. The standard InChI is InChI=1S/C18H10BrClN4O2/c19-11-3-1-10(2-4-11)17-8-13(15(9-21)18(22)23-17)14-7-12(24(25)26)5-6-16(14)20/h1-8H,(H2,22,23). The minimum atomic E-state index is -0.522. The summed E-state index contributed by atoms with van der Waals surface area (Å²) >= 11 is 9.60. The number of nitro benzene ring substituents is 1. The SMILES string of the molecule is N#Cc1c(-c2cc([N+](=O)[O-])ccc2Cl)cc(-c2ccc(Br)cc2)nc1N. The van der Waals surface area contributed by atoms with Crippen molar-refractivity contribution in [1.82, 2.24) is 4.98 Å². The molecule has 2 aromatic carbocycles. The Morgan fingerprint density at radius 3 is 2.46 bits per heavy atom. The largest absolute Gasteiger partial charge is 0.383 e. The first-order chi connectivity index (χ1) is 12.4. The lowest BCUT2D eigenvalue weighted by Crippen LogP contribution is -2.00. The van der Waals surface area contributed by atoms with Crippen LogP contribution in [-0.4, -0.2) is 9.91 Å². The number of nitro groups is 1. The van der Waals surface area contributed by atoms with Crippen LogP contribution < -0.4 is 5.73 Å². The second kappa shape index (κ2) is 7.12. The smallest absolute Gasteiger partial charge is 0.270 e. The number of nitrogens with zero attached hydrogens (tertiary/aromatic N) is 3. The van der Waals surface area contributed by atoms with Crippen LogP contribution in [0, 0.1) is 21.4 Å². The summed E-state index contributed by atoms with van der Waals surface area (Å²) in [6.07, 6.45) is 0. The molecule has 0 aliphatic rings. The molecule has 2 N–H and O–H groups in total. The van der Waals surface area contributed by atoms with Crippen LogP contribution in [0.3, 0.4) is 0 Å². The van der Waals surface area contributed by atoms with E-state index in [1.807, 2.05) is 30.3 Å². The van der Waals surface area contributed by atoms with Gasteiger partial charge in [0.1, 0.15) is 17.5 Å². The second-order valence-corrected chi connectivity index (χ2v) is 6.68. The van der Waals surface area contributed by atoms with E-state index in [4.69, 9.17) is 17.3 Å². The molecule has 1 heterocycles. The van der Waals surface area contributed by atoms with Crippen molar-refractivity contribution in [2.45, 2.75) is 0 Å². The highest BCUT2D eigenvalue weighted by atomic mass is 79.9. The van der Waals surface area contributed by atoms with Gasteiger partial charge < -0.3 is 5.73 Å². The maximum Gasteiger partial charge on any atom is 0.270 e. The summed E-state index contributed by atoms with van der Waals surface area (Å²) in [6.45, 7) is 0.